The molecule has 154 valence electrons. The zero-order valence-corrected chi connectivity index (χ0v) is 15.8. The van der Waals surface area contributed by atoms with Gasteiger partial charge in [-0.3, -0.25) is 23.9 Å². The average molecular weight is 402 g/mol. The molecule has 2 aromatic heterocycles. The monoisotopic (exact) mass is 402 g/mol. The van der Waals surface area contributed by atoms with Gasteiger partial charge in [-0.1, -0.05) is 0 Å². The van der Waals surface area contributed by atoms with E-state index in [0.29, 0.717) is 43.1 Å². The van der Waals surface area contributed by atoms with Crippen LogP contribution in [0.15, 0.2) is 20.7 Å². The molecule has 0 aliphatic carbocycles. The molecule has 1 aliphatic heterocycles. The minimum Gasteiger partial charge on any atom is -0.379 e. The van der Waals surface area contributed by atoms with Crippen LogP contribution in [0.4, 0.5) is 17.3 Å². The van der Waals surface area contributed by atoms with Crippen molar-refractivity contribution in [1.29, 1.82) is 0 Å². The van der Waals surface area contributed by atoms with Crippen LogP contribution in [0.3, 0.4) is 0 Å². The Balaban J connectivity index is 1.41. The van der Waals surface area contributed by atoms with Crippen molar-refractivity contribution < 1.29 is 4.74 Å². The van der Waals surface area contributed by atoms with Crippen LogP contribution in [-0.4, -0.2) is 52.3 Å². The predicted molar refractivity (Wildman–Crippen MR) is 108 cm³/mol. The Kier molecular flexibility index (Phi) is 5.03. The van der Waals surface area contributed by atoms with Crippen LogP contribution < -0.4 is 38.1 Å². The number of rotatable bonds is 8. The Morgan fingerprint density at radius 3 is 2.72 bits per heavy atom. The number of imidazole rings is 1. The molecule has 29 heavy (non-hydrogen) atoms. The summed E-state index contributed by atoms with van der Waals surface area (Å²) in [5, 5.41) is 8.95. The molecular formula is C17H22N8O4. The fourth-order valence-corrected chi connectivity index (χ4v) is 3.45. The van der Waals surface area contributed by atoms with Crippen molar-refractivity contribution in [3.05, 3.63) is 37.1 Å². The Morgan fingerprint density at radius 1 is 1.21 bits per heavy atom. The van der Waals surface area contributed by atoms with Gasteiger partial charge in [-0.05, 0) is 19.9 Å². The molecule has 3 heterocycles. The second-order valence-corrected chi connectivity index (χ2v) is 6.88. The van der Waals surface area contributed by atoms with E-state index >= 15 is 0 Å². The molecule has 0 saturated carbocycles. The topological polar surface area (TPSA) is 169 Å². The maximum atomic E-state index is 11.9. The summed E-state index contributed by atoms with van der Waals surface area (Å²) in [5.74, 6) is 0.0128. The number of ether oxygens (including phenoxy) is 1. The quantitative estimate of drug-likeness (QED) is 0.226. The molecule has 2 unspecified atom stereocenters. The molecule has 12 heteroatoms. The number of nitrogens with zero attached hydrogens (tertiary/aromatic N) is 3. The van der Waals surface area contributed by atoms with E-state index in [1.54, 1.807) is 11.6 Å². The minimum atomic E-state index is -0.522. The third-order valence-electron chi connectivity index (χ3n) is 4.94. The largest absolute Gasteiger partial charge is 0.379 e. The van der Waals surface area contributed by atoms with E-state index in [9.17, 15) is 14.4 Å². The predicted octanol–water partition coefficient (Wildman–Crippen LogP) is -1.28. The molecule has 0 spiro atoms. The van der Waals surface area contributed by atoms with E-state index in [1.165, 1.54) is 6.33 Å². The van der Waals surface area contributed by atoms with Crippen LogP contribution in [0.5, 0.6) is 0 Å². The van der Waals surface area contributed by atoms with Gasteiger partial charge in [0, 0.05) is 19.6 Å². The van der Waals surface area contributed by atoms with E-state index in [0.717, 1.165) is 6.42 Å². The summed E-state index contributed by atoms with van der Waals surface area (Å²) < 4.78 is 7.71. The van der Waals surface area contributed by atoms with E-state index < -0.39 is 16.4 Å². The van der Waals surface area contributed by atoms with Gasteiger partial charge in [0.1, 0.15) is 17.6 Å². The highest BCUT2D eigenvalue weighted by Crippen LogP contribution is 2.30. The maximum absolute atomic E-state index is 11.9. The molecule has 1 aliphatic rings. The zero-order valence-electron chi connectivity index (χ0n) is 15.8. The van der Waals surface area contributed by atoms with Crippen LogP contribution in [0.1, 0.15) is 19.1 Å². The lowest BCUT2D eigenvalue weighted by atomic mass is 10.1. The van der Waals surface area contributed by atoms with Gasteiger partial charge in [-0.15, -0.1) is 0 Å². The third-order valence-corrected chi connectivity index (χ3v) is 4.94. The van der Waals surface area contributed by atoms with Gasteiger partial charge in [0.15, 0.2) is 11.2 Å². The Hall–Kier alpha value is -3.25. The van der Waals surface area contributed by atoms with Crippen LogP contribution >= 0.6 is 0 Å². The normalized spacial score (nSPS) is 19.2. The van der Waals surface area contributed by atoms with Crippen LogP contribution in [-0.2, 0) is 4.74 Å². The molecule has 0 bridgehead atoms. The summed E-state index contributed by atoms with van der Waals surface area (Å²) in [6, 6.07) is 0. The van der Waals surface area contributed by atoms with Crippen LogP contribution in [0.25, 0.3) is 11.2 Å². The number of likely N-dealkylation sites (N-methyl/N-ethyl adjacent to an activating group) is 1. The SMILES string of the molecule is CNCCNc1c(NCC2CCC(n3cnc4c(=O)[nH]c(N)nc43)O2)c(=O)c1=O. The van der Waals surface area contributed by atoms with E-state index in [-0.39, 0.29) is 23.8 Å². The first kappa shape index (κ1) is 19.1. The number of fused-ring (bicyclic) bond motifs is 1. The van der Waals surface area contributed by atoms with Gasteiger partial charge in [-0.25, -0.2) is 4.98 Å². The smallest absolute Gasteiger partial charge is 0.280 e. The highest BCUT2D eigenvalue weighted by atomic mass is 16.5. The number of nitrogens with one attached hydrogen (secondary N) is 4. The number of anilines is 3. The summed E-state index contributed by atoms with van der Waals surface area (Å²) >= 11 is 0. The van der Waals surface area contributed by atoms with Crippen molar-refractivity contribution in [2.45, 2.75) is 25.2 Å². The van der Waals surface area contributed by atoms with Crippen molar-refractivity contribution in [3.63, 3.8) is 0 Å². The average Bonchev–Trinajstić information content (AvgIpc) is 3.33. The number of H-pyrrole nitrogens is 1. The highest BCUT2D eigenvalue weighted by molar-refractivity contribution is 5.74. The summed E-state index contributed by atoms with van der Waals surface area (Å²) in [7, 11) is 1.81. The van der Waals surface area contributed by atoms with Gasteiger partial charge >= 0.3 is 0 Å². The first-order chi connectivity index (χ1) is 14.0. The molecule has 0 amide bonds. The van der Waals surface area contributed by atoms with Gasteiger partial charge in [0.05, 0.1) is 12.4 Å². The maximum Gasteiger partial charge on any atom is 0.280 e. The van der Waals surface area contributed by atoms with E-state index in [4.69, 9.17) is 10.5 Å². The number of hydrogen-bond donors (Lipinski definition) is 5. The Morgan fingerprint density at radius 2 is 1.97 bits per heavy atom. The van der Waals surface area contributed by atoms with Crippen molar-refractivity contribution in [2.75, 3.05) is 43.0 Å². The molecule has 0 radical (unpaired) electrons. The summed E-state index contributed by atoms with van der Waals surface area (Å²) in [6.07, 6.45) is 2.40. The molecule has 12 nitrogen and oxygen atoms in total. The standard InChI is InChI=1S/C17H22N8O4/c1-19-4-5-20-10-11(14(27)13(10)26)21-6-8-2-3-9(29-8)25-7-22-12-15(25)23-17(18)24-16(12)28/h7-9,19-21H,2-6H2,1H3,(H3,18,23,24,28). The van der Waals surface area contributed by atoms with Crippen molar-refractivity contribution in [2.24, 2.45) is 0 Å². The van der Waals surface area contributed by atoms with E-state index in [1.807, 2.05) is 0 Å². The zero-order chi connectivity index (χ0) is 20.5. The summed E-state index contributed by atoms with van der Waals surface area (Å²) in [6.45, 7) is 1.59. The molecule has 6 N–H and O–H groups in total. The van der Waals surface area contributed by atoms with Gasteiger partial charge in [0.25, 0.3) is 16.4 Å². The summed E-state index contributed by atoms with van der Waals surface area (Å²) in [4.78, 5) is 46.1. The van der Waals surface area contributed by atoms with Gasteiger partial charge in [-0.2, -0.15) is 4.98 Å². The lowest BCUT2D eigenvalue weighted by Crippen LogP contribution is -2.39. The fourth-order valence-electron chi connectivity index (χ4n) is 3.45. The van der Waals surface area contributed by atoms with Gasteiger partial charge < -0.3 is 26.4 Å². The summed E-state index contributed by atoms with van der Waals surface area (Å²) in [5.41, 5.74) is 5.38. The number of nitrogens with two attached hydrogens (primary N) is 1. The van der Waals surface area contributed by atoms with Crippen LogP contribution in [0, 0.1) is 0 Å². The van der Waals surface area contributed by atoms with E-state index in [2.05, 4.69) is 30.9 Å². The molecule has 1 fully saturated rings. The molecule has 3 aromatic rings. The molecule has 1 aromatic carbocycles. The highest BCUT2D eigenvalue weighted by Gasteiger charge is 2.29. The van der Waals surface area contributed by atoms with Crippen LogP contribution in [0.2, 0.25) is 0 Å². The number of aromatic nitrogens is 4. The Bertz CT molecular complexity index is 1160. The second kappa shape index (κ2) is 7.64. The lowest BCUT2D eigenvalue weighted by molar-refractivity contribution is 0.0105. The second-order valence-electron chi connectivity index (χ2n) is 6.88. The molecule has 2 atom stereocenters. The third kappa shape index (κ3) is 3.47. The van der Waals surface area contributed by atoms with Crippen molar-refractivity contribution in [1.82, 2.24) is 24.8 Å². The lowest BCUT2D eigenvalue weighted by Gasteiger charge is -2.18. The van der Waals surface area contributed by atoms with Gasteiger partial charge in [0.2, 0.25) is 5.95 Å². The Labute approximate surface area is 164 Å². The number of nitrogen functional groups attached to an aromatic ring is 1. The molecule has 4 rings (SSSR count). The number of hydrogen-bond acceptors (Lipinski definition) is 10. The fraction of sp³-hybridized carbons (Fsp3) is 0.471. The number of aromatic amines is 1. The minimum absolute atomic E-state index is 0.0128. The van der Waals surface area contributed by atoms with Crippen molar-refractivity contribution in [3.8, 4) is 0 Å². The first-order valence-electron chi connectivity index (χ1n) is 9.33. The first-order valence-corrected chi connectivity index (χ1v) is 9.33. The van der Waals surface area contributed by atoms with Crippen molar-refractivity contribution >= 4 is 28.5 Å². The molecular weight excluding hydrogens is 380 g/mol. The molecule has 1 saturated heterocycles.